The Kier molecular flexibility index (Phi) is 3.75. The van der Waals surface area contributed by atoms with Gasteiger partial charge in [0, 0.05) is 25.2 Å². The summed E-state index contributed by atoms with van der Waals surface area (Å²) in [6.07, 6.45) is 1.05. The van der Waals surface area contributed by atoms with Crippen LogP contribution in [0.15, 0.2) is 18.2 Å². The van der Waals surface area contributed by atoms with Crippen LogP contribution in [0.2, 0.25) is 10.0 Å². The molecule has 16 heavy (non-hydrogen) atoms. The van der Waals surface area contributed by atoms with Crippen LogP contribution >= 0.6 is 23.2 Å². The van der Waals surface area contributed by atoms with Crippen LogP contribution in [0.5, 0.6) is 0 Å². The first kappa shape index (κ1) is 12.2. The molecule has 1 fully saturated rings. The average molecular weight is 259 g/mol. The van der Waals surface area contributed by atoms with E-state index in [1.807, 2.05) is 18.2 Å². The van der Waals surface area contributed by atoms with Crippen molar-refractivity contribution >= 4 is 23.2 Å². The number of halogens is 2. The molecule has 0 saturated carbocycles. The molecule has 0 radical (unpaired) electrons. The minimum absolute atomic E-state index is 0.276. The largest absolute Gasteiger partial charge is 0.326 e. The molecule has 2 atom stereocenters. The molecular weight excluding hydrogens is 243 g/mol. The third-order valence-corrected chi connectivity index (χ3v) is 4.21. The number of hydrogen-bond donors (Lipinski definition) is 1. The first-order valence-corrected chi connectivity index (χ1v) is 6.27. The van der Waals surface area contributed by atoms with Crippen molar-refractivity contribution in [3.8, 4) is 0 Å². The van der Waals surface area contributed by atoms with Crippen molar-refractivity contribution in [2.24, 2.45) is 5.73 Å². The summed E-state index contributed by atoms with van der Waals surface area (Å²) in [5.41, 5.74) is 7.07. The Labute approximate surface area is 106 Å². The van der Waals surface area contributed by atoms with Crippen LogP contribution < -0.4 is 5.73 Å². The Balaban J connectivity index is 2.12. The molecule has 2 rings (SSSR count). The fraction of sp³-hybridized carbons (Fsp3) is 0.500. The van der Waals surface area contributed by atoms with E-state index in [-0.39, 0.29) is 6.04 Å². The van der Waals surface area contributed by atoms with Gasteiger partial charge in [-0.1, -0.05) is 35.3 Å². The Morgan fingerprint density at radius 1 is 1.44 bits per heavy atom. The zero-order valence-corrected chi connectivity index (χ0v) is 10.8. The summed E-state index contributed by atoms with van der Waals surface area (Å²) >= 11 is 12.2. The maximum atomic E-state index is 6.17. The number of likely N-dealkylation sites (tertiary alicyclic amines) is 1. The van der Waals surface area contributed by atoms with E-state index in [0.29, 0.717) is 16.1 Å². The van der Waals surface area contributed by atoms with Crippen LogP contribution in [-0.4, -0.2) is 23.5 Å². The highest BCUT2D eigenvalue weighted by Gasteiger charge is 2.27. The second kappa shape index (κ2) is 4.92. The van der Waals surface area contributed by atoms with Gasteiger partial charge in [-0.25, -0.2) is 0 Å². The smallest absolute Gasteiger partial charge is 0.0637 e. The number of rotatable bonds is 2. The van der Waals surface area contributed by atoms with E-state index >= 15 is 0 Å². The van der Waals surface area contributed by atoms with Gasteiger partial charge < -0.3 is 5.73 Å². The fourth-order valence-corrected chi connectivity index (χ4v) is 2.52. The lowest BCUT2D eigenvalue weighted by Gasteiger charge is -2.23. The lowest BCUT2D eigenvalue weighted by Crippen LogP contribution is -2.36. The quantitative estimate of drug-likeness (QED) is 0.884. The Hall–Kier alpha value is -0.280. The Morgan fingerprint density at radius 2 is 2.19 bits per heavy atom. The second-order valence-corrected chi connectivity index (χ2v) is 5.16. The van der Waals surface area contributed by atoms with Gasteiger partial charge in [0.25, 0.3) is 0 Å². The normalized spacial score (nSPS) is 26.2. The van der Waals surface area contributed by atoms with Crippen LogP contribution in [0.1, 0.15) is 18.9 Å². The molecular formula is C12H16Cl2N2. The molecule has 2 nitrogen and oxygen atoms in total. The first-order valence-electron chi connectivity index (χ1n) is 5.52. The fourth-order valence-electron chi connectivity index (χ4n) is 2.14. The Bertz CT molecular complexity index is 381. The summed E-state index contributed by atoms with van der Waals surface area (Å²) in [5.74, 6) is 0. The number of nitrogens with two attached hydrogens (primary N) is 1. The van der Waals surface area contributed by atoms with E-state index in [1.54, 1.807) is 0 Å². The molecule has 88 valence electrons. The summed E-state index contributed by atoms with van der Waals surface area (Å²) < 4.78 is 0. The van der Waals surface area contributed by atoms with Crippen molar-refractivity contribution in [3.05, 3.63) is 33.8 Å². The van der Waals surface area contributed by atoms with Crippen LogP contribution in [0.3, 0.4) is 0 Å². The Morgan fingerprint density at radius 3 is 2.81 bits per heavy atom. The van der Waals surface area contributed by atoms with E-state index in [4.69, 9.17) is 28.9 Å². The maximum Gasteiger partial charge on any atom is 0.0637 e. The molecule has 2 N–H and O–H groups in total. The second-order valence-electron chi connectivity index (χ2n) is 4.38. The molecule has 1 aromatic rings. The van der Waals surface area contributed by atoms with Crippen molar-refractivity contribution in [3.63, 3.8) is 0 Å². The van der Waals surface area contributed by atoms with Crippen LogP contribution in [-0.2, 0) is 6.54 Å². The topological polar surface area (TPSA) is 29.3 Å². The monoisotopic (exact) mass is 258 g/mol. The summed E-state index contributed by atoms with van der Waals surface area (Å²) in [7, 11) is 0. The average Bonchev–Trinajstić information content (AvgIpc) is 2.57. The van der Waals surface area contributed by atoms with Gasteiger partial charge in [-0.15, -0.1) is 0 Å². The standard InChI is InChI=1S/C12H16Cl2N2/c1-8-11(15)5-6-16(8)7-9-3-2-4-10(13)12(9)14/h2-4,8,11H,5-7,15H2,1H3. The van der Waals surface area contributed by atoms with Gasteiger partial charge in [-0.2, -0.15) is 0 Å². The molecule has 0 amide bonds. The third-order valence-electron chi connectivity index (χ3n) is 3.35. The summed E-state index contributed by atoms with van der Waals surface area (Å²) in [6, 6.07) is 6.45. The predicted octanol–water partition coefficient (Wildman–Crippen LogP) is 2.91. The van der Waals surface area contributed by atoms with Gasteiger partial charge in [-0.05, 0) is 25.0 Å². The highest BCUT2D eigenvalue weighted by Crippen LogP contribution is 2.28. The SMILES string of the molecule is CC1C(N)CCN1Cc1cccc(Cl)c1Cl. The highest BCUT2D eigenvalue weighted by molar-refractivity contribution is 6.42. The van der Waals surface area contributed by atoms with Crippen molar-refractivity contribution < 1.29 is 0 Å². The highest BCUT2D eigenvalue weighted by atomic mass is 35.5. The molecule has 0 aliphatic carbocycles. The molecule has 1 saturated heterocycles. The molecule has 1 aromatic carbocycles. The third kappa shape index (κ3) is 2.35. The van der Waals surface area contributed by atoms with Crippen LogP contribution in [0.25, 0.3) is 0 Å². The summed E-state index contributed by atoms with van der Waals surface area (Å²) in [4.78, 5) is 2.35. The number of nitrogens with zero attached hydrogens (tertiary/aromatic N) is 1. The molecule has 0 bridgehead atoms. The zero-order chi connectivity index (χ0) is 11.7. The van der Waals surface area contributed by atoms with Crippen LogP contribution in [0.4, 0.5) is 0 Å². The molecule has 0 spiro atoms. The minimum atomic E-state index is 0.276. The van der Waals surface area contributed by atoms with Gasteiger partial charge in [0.15, 0.2) is 0 Å². The summed E-state index contributed by atoms with van der Waals surface area (Å²) in [5, 5.41) is 1.28. The minimum Gasteiger partial charge on any atom is -0.326 e. The zero-order valence-electron chi connectivity index (χ0n) is 9.29. The van der Waals surface area contributed by atoms with E-state index in [2.05, 4.69) is 11.8 Å². The van der Waals surface area contributed by atoms with Crippen molar-refractivity contribution in [1.82, 2.24) is 4.90 Å². The first-order chi connectivity index (χ1) is 7.59. The molecule has 0 aromatic heterocycles. The van der Waals surface area contributed by atoms with E-state index in [0.717, 1.165) is 25.1 Å². The van der Waals surface area contributed by atoms with E-state index in [1.165, 1.54) is 0 Å². The van der Waals surface area contributed by atoms with Crippen molar-refractivity contribution in [1.29, 1.82) is 0 Å². The van der Waals surface area contributed by atoms with Crippen LogP contribution in [0, 0.1) is 0 Å². The lowest BCUT2D eigenvalue weighted by molar-refractivity contribution is 0.252. The predicted molar refractivity (Wildman–Crippen MR) is 68.9 cm³/mol. The van der Waals surface area contributed by atoms with Gasteiger partial charge in [0.1, 0.15) is 0 Å². The van der Waals surface area contributed by atoms with Gasteiger partial charge in [0.2, 0.25) is 0 Å². The van der Waals surface area contributed by atoms with Gasteiger partial charge in [-0.3, -0.25) is 4.90 Å². The van der Waals surface area contributed by atoms with E-state index in [9.17, 15) is 0 Å². The van der Waals surface area contributed by atoms with Gasteiger partial charge >= 0.3 is 0 Å². The van der Waals surface area contributed by atoms with Gasteiger partial charge in [0.05, 0.1) is 10.0 Å². The maximum absolute atomic E-state index is 6.17. The van der Waals surface area contributed by atoms with Crippen molar-refractivity contribution in [2.75, 3.05) is 6.54 Å². The summed E-state index contributed by atoms with van der Waals surface area (Å²) in [6.45, 7) is 4.02. The van der Waals surface area contributed by atoms with E-state index < -0.39 is 0 Å². The molecule has 1 heterocycles. The van der Waals surface area contributed by atoms with Crippen molar-refractivity contribution in [2.45, 2.75) is 32.0 Å². The number of hydrogen-bond acceptors (Lipinski definition) is 2. The number of benzene rings is 1. The molecule has 2 unspecified atom stereocenters. The molecule has 1 aliphatic rings. The molecule has 1 aliphatic heterocycles. The molecule has 4 heteroatoms. The lowest BCUT2D eigenvalue weighted by atomic mass is 10.1.